The first-order valence-corrected chi connectivity index (χ1v) is 6.12. The lowest BCUT2D eigenvalue weighted by atomic mass is 10.2. The minimum atomic E-state index is -1.13. The van der Waals surface area contributed by atoms with E-state index in [0.29, 0.717) is 5.69 Å². The van der Waals surface area contributed by atoms with Crippen molar-refractivity contribution < 1.29 is 14.7 Å². The average Bonchev–Trinajstić information content (AvgIpc) is 2.28. The lowest BCUT2D eigenvalue weighted by Gasteiger charge is -2.06. The zero-order valence-electron chi connectivity index (χ0n) is 9.56. The standard InChI is InChI=1S/C12H13NO3S/c1-8(6-11(14)15)12(16)13-9-4-3-5-10(7-9)17-2/h3-7H,1-2H3,(H,13,16)(H,14,15)/b8-6+. The monoisotopic (exact) mass is 251 g/mol. The normalized spacial score (nSPS) is 11.1. The number of anilines is 1. The zero-order valence-corrected chi connectivity index (χ0v) is 10.4. The van der Waals surface area contributed by atoms with Gasteiger partial charge < -0.3 is 10.4 Å². The maximum Gasteiger partial charge on any atom is 0.328 e. The summed E-state index contributed by atoms with van der Waals surface area (Å²) in [6.45, 7) is 1.46. The van der Waals surface area contributed by atoms with Gasteiger partial charge in [-0.15, -0.1) is 11.8 Å². The number of rotatable bonds is 4. The molecular formula is C12H13NO3S. The molecule has 0 spiro atoms. The number of thioether (sulfide) groups is 1. The summed E-state index contributed by atoms with van der Waals surface area (Å²) in [7, 11) is 0. The fraction of sp³-hybridized carbons (Fsp3) is 0.167. The fourth-order valence-corrected chi connectivity index (χ4v) is 1.64. The van der Waals surface area contributed by atoms with Gasteiger partial charge in [-0.25, -0.2) is 4.79 Å². The minimum Gasteiger partial charge on any atom is -0.478 e. The van der Waals surface area contributed by atoms with Crippen LogP contribution < -0.4 is 5.32 Å². The molecule has 0 aromatic heterocycles. The highest BCUT2D eigenvalue weighted by molar-refractivity contribution is 7.98. The van der Waals surface area contributed by atoms with Crippen molar-refractivity contribution in [3.8, 4) is 0 Å². The van der Waals surface area contributed by atoms with E-state index >= 15 is 0 Å². The number of carboxylic acids is 1. The van der Waals surface area contributed by atoms with Crippen molar-refractivity contribution in [1.29, 1.82) is 0 Å². The van der Waals surface area contributed by atoms with Gasteiger partial charge in [-0.1, -0.05) is 6.07 Å². The Morgan fingerprint density at radius 1 is 1.41 bits per heavy atom. The number of carboxylic acid groups (broad SMARTS) is 1. The van der Waals surface area contributed by atoms with Crippen molar-refractivity contribution in [3.63, 3.8) is 0 Å². The highest BCUT2D eigenvalue weighted by Crippen LogP contribution is 2.19. The Morgan fingerprint density at radius 2 is 2.12 bits per heavy atom. The van der Waals surface area contributed by atoms with Crippen LogP contribution >= 0.6 is 11.8 Å². The summed E-state index contributed by atoms with van der Waals surface area (Å²) < 4.78 is 0. The number of carbonyl (C=O) groups excluding carboxylic acids is 1. The third-order valence-corrected chi connectivity index (χ3v) is 2.75. The van der Waals surface area contributed by atoms with E-state index in [1.807, 2.05) is 24.5 Å². The Balaban J connectivity index is 2.77. The number of carbonyl (C=O) groups is 2. The van der Waals surface area contributed by atoms with E-state index in [9.17, 15) is 9.59 Å². The van der Waals surface area contributed by atoms with E-state index in [-0.39, 0.29) is 5.57 Å². The number of nitrogens with one attached hydrogen (secondary N) is 1. The van der Waals surface area contributed by atoms with E-state index < -0.39 is 11.9 Å². The molecular weight excluding hydrogens is 238 g/mol. The molecule has 0 saturated carbocycles. The first kappa shape index (κ1) is 13.3. The molecule has 0 radical (unpaired) electrons. The van der Waals surface area contributed by atoms with Gasteiger partial charge in [0.2, 0.25) is 0 Å². The lowest BCUT2D eigenvalue weighted by Crippen LogP contribution is -2.13. The molecule has 2 N–H and O–H groups in total. The summed E-state index contributed by atoms with van der Waals surface area (Å²) in [5, 5.41) is 11.2. The Kier molecular flexibility index (Phi) is 4.78. The third-order valence-electron chi connectivity index (χ3n) is 2.03. The van der Waals surface area contributed by atoms with Gasteiger partial charge in [-0.2, -0.15) is 0 Å². The first-order valence-electron chi connectivity index (χ1n) is 4.89. The van der Waals surface area contributed by atoms with Gasteiger partial charge in [0, 0.05) is 22.2 Å². The van der Waals surface area contributed by atoms with Crippen LogP contribution in [0.15, 0.2) is 40.8 Å². The van der Waals surface area contributed by atoms with Gasteiger partial charge in [0.15, 0.2) is 0 Å². The Labute approximate surface area is 104 Å². The second-order valence-corrected chi connectivity index (χ2v) is 4.23. The second kappa shape index (κ2) is 6.10. The summed E-state index contributed by atoms with van der Waals surface area (Å²) in [6.07, 6.45) is 2.82. The van der Waals surface area contributed by atoms with Gasteiger partial charge in [-0.3, -0.25) is 4.79 Å². The van der Waals surface area contributed by atoms with Gasteiger partial charge in [0.25, 0.3) is 5.91 Å². The molecule has 0 bridgehead atoms. The second-order valence-electron chi connectivity index (χ2n) is 3.35. The van der Waals surface area contributed by atoms with Gasteiger partial charge in [0.05, 0.1) is 0 Å². The molecule has 1 aromatic rings. The molecule has 0 aliphatic rings. The van der Waals surface area contributed by atoms with Crippen LogP contribution in [0.25, 0.3) is 0 Å². The van der Waals surface area contributed by atoms with Crippen LogP contribution in [0.1, 0.15) is 6.92 Å². The molecule has 5 heteroatoms. The summed E-state index contributed by atoms with van der Waals surface area (Å²) in [4.78, 5) is 23.0. The zero-order chi connectivity index (χ0) is 12.8. The number of benzene rings is 1. The molecule has 17 heavy (non-hydrogen) atoms. The number of hydrogen-bond donors (Lipinski definition) is 2. The average molecular weight is 251 g/mol. The fourth-order valence-electron chi connectivity index (χ4n) is 1.18. The van der Waals surface area contributed by atoms with Crippen LogP contribution in [0.4, 0.5) is 5.69 Å². The van der Waals surface area contributed by atoms with Crippen LogP contribution in [0.5, 0.6) is 0 Å². The van der Waals surface area contributed by atoms with Crippen molar-refractivity contribution >= 4 is 29.3 Å². The summed E-state index contributed by atoms with van der Waals surface area (Å²) in [5.41, 5.74) is 0.812. The van der Waals surface area contributed by atoms with E-state index in [4.69, 9.17) is 5.11 Å². The van der Waals surface area contributed by atoms with Crippen molar-refractivity contribution in [3.05, 3.63) is 35.9 Å². The van der Waals surface area contributed by atoms with E-state index in [1.165, 1.54) is 6.92 Å². The van der Waals surface area contributed by atoms with Gasteiger partial charge in [-0.05, 0) is 31.4 Å². The van der Waals surface area contributed by atoms with E-state index in [2.05, 4.69) is 5.32 Å². The van der Waals surface area contributed by atoms with Crippen LogP contribution in [0.2, 0.25) is 0 Å². The highest BCUT2D eigenvalue weighted by atomic mass is 32.2. The van der Waals surface area contributed by atoms with Crippen molar-refractivity contribution in [2.75, 3.05) is 11.6 Å². The Hall–Kier alpha value is -1.75. The first-order chi connectivity index (χ1) is 8.02. The molecule has 0 aliphatic carbocycles. The van der Waals surface area contributed by atoms with Crippen molar-refractivity contribution in [2.24, 2.45) is 0 Å². The van der Waals surface area contributed by atoms with Crippen LogP contribution in [0.3, 0.4) is 0 Å². The number of hydrogen-bond acceptors (Lipinski definition) is 3. The van der Waals surface area contributed by atoms with E-state index in [0.717, 1.165) is 11.0 Å². The molecule has 0 atom stereocenters. The molecule has 1 amide bonds. The quantitative estimate of drug-likeness (QED) is 0.637. The summed E-state index contributed by atoms with van der Waals surface area (Å²) >= 11 is 1.57. The maximum atomic E-state index is 11.6. The number of amides is 1. The topological polar surface area (TPSA) is 66.4 Å². The van der Waals surface area contributed by atoms with Crippen LogP contribution in [-0.4, -0.2) is 23.2 Å². The molecule has 1 rings (SSSR count). The molecule has 0 aliphatic heterocycles. The largest absolute Gasteiger partial charge is 0.478 e. The predicted octanol–water partition coefficient (Wildman–Crippen LogP) is 2.38. The predicted molar refractivity (Wildman–Crippen MR) is 68.2 cm³/mol. The molecule has 0 heterocycles. The van der Waals surface area contributed by atoms with E-state index in [1.54, 1.807) is 17.8 Å². The van der Waals surface area contributed by atoms with Crippen LogP contribution in [-0.2, 0) is 9.59 Å². The molecule has 90 valence electrons. The third kappa shape index (κ3) is 4.32. The molecule has 0 fully saturated rings. The SMILES string of the molecule is CSc1cccc(NC(=O)/C(C)=C/C(=O)O)c1. The minimum absolute atomic E-state index is 0.159. The lowest BCUT2D eigenvalue weighted by molar-refractivity contribution is -0.131. The molecule has 0 unspecified atom stereocenters. The highest BCUT2D eigenvalue weighted by Gasteiger charge is 2.06. The van der Waals surface area contributed by atoms with Crippen molar-refractivity contribution in [2.45, 2.75) is 11.8 Å². The van der Waals surface area contributed by atoms with Gasteiger partial charge in [0.1, 0.15) is 0 Å². The molecule has 4 nitrogen and oxygen atoms in total. The Bertz CT molecular complexity index is 469. The summed E-state index contributed by atoms with van der Waals surface area (Å²) in [5.74, 6) is -1.54. The maximum absolute atomic E-state index is 11.6. The molecule has 0 saturated heterocycles. The van der Waals surface area contributed by atoms with Gasteiger partial charge >= 0.3 is 5.97 Å². The van der Waals surface area contributed by atoms with Crippen molar-refractivity contribution in [1.82, 2.24) is 0 Å². The molecule has 1 aromatic carbocycles. The van der Waals surface area contributed by atoms with Crippen LogP contribution in [0, 0.1) is 0 Å². The summed E-state index contributed by atoms with van der Waals surface area (Å²) in [6, 6.07) is 7.35. The smallest absolute Gasteiger partial charge is 0.328 e. The number of aliphatic carboxylic acids is 1. The Morgan fingerprint density at radius 3 is 2.71 bits per heavy atom.